The zero-order valence-corrected chi connectivity index (χ0v) is 6.02. The fourth-order valence-corrected chi connectivity index (χ4v) is 0.404. The SMILES string of the molecule is CC/C=C\C=C(/C)C=N. The average molecular weight is 123 g/mol. The lowest BCUT2D eigenvalue weighted by molar-refractivity contribution is 1.22. The predicted molar refractivity (Wildman–Crippen MR) is 42.0 cm³/mol. The van der Waals surface area contributed by atoms with Crippen LogP contribution in [0.3, 0.4) is 0 Å². The molecule has 0 amide bonds. The smallest absolute Gasteiger partial charge is 0.0207 e. The molecule has 1 heteroatoms. The number of allylic oxidation sites excluding steroid dienone is 4. The van der Waals surface area contributed by atoms with E-state index in [1.54, 1.807) is 0 Å². The van der Waals surface area contributed by atoms with Gasteiger partial charge in [0, 0.05) is 6.21 Å². The first-order chi connectivity index (χ1) is 4.31. The van der Waals surface area contributed by atoms with Crippen LogP contribution in [0.2, 0.25) is 0 Å². The van der Waals surface area contributed by atoms with Crippen molar-refractivity contribution in [1.29, 1.82) is 5.41 Å². The summed E-state index contributed by atoms with van der Waals surface area (Å²) >= 11 is 0. The van der Waals surface area contributed by atoms with Gasteiger partial charge in [0.1, 0.15) is 0 Å². The lowest BCUT2D eigenvalue weighted by Gasteiger charge is -1.81. The molecule has 0 spiro atoms. The third-order valence-electron chi connectivity index (χ3n) is 0.959. The molecule has 0 atom stereocenters. The second-order valence-corrected chi connectivity index (χ2v) is 1.89. The van der Waals surface area contributed by atoms with Crippen molar-refractivity contribution in [3.63, 3.8) is 0 Å². The molecule has 0 fully saturated rings. The molecule has 0 aliphatic carbocycles. The fraction of sp³-hybridized carbons (Fsp3) is 0.375. The Bertz CT molecular complexity index is 132. The van der Waals surface area contributed by atoms with Crippen molar-refractivity contribution >= 4 is 6.21 Å². The topological polar surface area (TPSA) is 23.9 Å². The highest BCUT2D eigenvalue weighted by Gasteiger charge is 1.73. The van der Waals surface area contributed by atoms with Crippen LogP contribution in [-0.2, 0) is 0 Å². The molecule has 0 rings (SSSR count). The van der Waals surface area contributed by atoms with Crippen molar-refractivity contribution < 1.29 is 0 Å². The van der Waals surface area contributed by atoms with Crippen molar-refractivity contribution in [2.24, 2.45) is 0 Å². The van der Waals surface area contributed by atoms with Crippen molar-refractivity contribution in [3.05, 3.63) is 23.8 Å². The summed E-state index contributed by atoms with van der Waals surface area (Å²) < 4.78 is 0. The van der Waals surface area contributed by atoms with Gasteiger partial charge in [0.25, 0.3) is 0 Å². The summed E-state index contributed by atoms with van der Waals surface area (Å²) in [6.45, 7) is 4.00. The lowest BCUT2D eigenvalue weighted by Crippen LogP contribution is -1.70. The summed E-state index contributed by atoms with van der Waals surface area (Å²) in [5.74, 6) is 0. The molecule has 0 unspecified atom stereocenters. The molecule has 50 valence electrons. The highest BCUT2D eigenvalue weighted by atomic mass is 14.3. The van der Waals surface area contributed by atoms with Crippen LogP contribution in [0.1, 0.15) is 20.3 Å². The van der Waals surface area contributed by atoms with E-state index in [2.05, 4.69) is 13.0 Å². The van der Waals surface area contributed by atoms with Crippen LogP contribution in [0, 0.1) is 5.41 Å². The van der Waals surface area contributed by atoms with E-state index in [0.717, 1.165) is 12.0 Å². The quantitative estimate of drug-likeness (QED) is 0.440. The molecule has 0 aliphatic heterocycles. The molecule has 0 saturated carbocycles. The molecule has 0 aromatic carbocycles. The second-order valence-electron chi connectivity index (χ2n) is 1.89. The van der Waals surface area contributed by atoms with E-state index in [1.807, 2.05) is 19.1 Å². The molecule has 0 aromatic heterocycles. The second kappa shape index (κ2) is 5.29. The number of rotatable bonds is 3. The van der Waals surface area contributed by atoms with E-state index in [4.69, 9.17) is 5.41 Å². The van der Waals surface area contributed by atoms with Gasteiger partial charge in [-0.2, -0.15) is 0 Å². The lowest BCUT2D eigenvalue weighted by atomic mass is 10.3. The van der Waals surface area contributed by atoms with Crippen LogP contribution in [0.4, 0.5) is 0 Å². The number of hydrogen-bond donors (Lipinski definition) is 1. The minimum absolute atomic E-state index is 0.986. The maximum Gasteiger partial charge on any atom is 0.0207 e. The third kappa shape index (κ3) is 5.01. The van der Waals surface area contributed by atoms with Crippen LogP contribution in [-0.4, -0.2) is 6.21 Å². The van der Waals surface area contributed by atoms with E-state index in [0.29, 0.717) is 0 Å². The largest absolute Gasteiger partial charge is 0.308 e. The number of nitrogens with one attached hydrogen (secondary N) is 1. The molecule has 0 heterocycles. The standard InChI is InChI=1S/C8H13N/c1-3-4-5-6-8(2)7-9/h4-7,9H,3H2,1-2H3/b5-4-,8-6+,9-7?. The summed E-state index contributed by atoms with van der Waals surface area (Å²) in [5, 5.41) is 6.82. The molecular weight excluding hydrogens is 110 g/mol. The van der Waals surface area contributed by atoms with Gasteiger partial charge in [-0.05, 0) is 18.9 Å². The average Bonchev–Trinajstić information content (AvgIpc) is 1.89. The van der Waals surface area contributed by atoms with E-state index < -0.39 is 0 Å². The van der Waals surface area contributed by atoms with Gasteiger partial charge < -0.3 is 5.41 Å². The third-order valence-corrected chi connectivity index (χ3v) is 0.959. The highest BCUT2D eigenvalue weighted by molar-refractivity contribution is 5.75. The van der Waals surface area contributed by atoms with E-state index in [1.165, 1.54) is 6.21 Å². The Balaban J connectivity index is 3.68. The maximum atomic E-state index is 6.82. The van der Waals surface area contributed by atoms with Crippen molar-refractivity contribution in [2.75, 3.05) is 0 Å². The van der Waals surface area contributed by atoms with Gasteiger partial charge in [-0.25, -0.2) is 0 Å². The molecule has 0 radical (unpaired) electrons. The fourth-order valence-electron chi connectivity index (χ4n) is 0.404. The normalized spacial score (nSPS) is 12.4. The summed E-state index contributed by atoms with van der Waals surface area (Å²) in [5.41, 5.74) is 0.986. The molecular formula is C8H13N. The van der Waals surface area contributed by atoms with E-state index in [-0.39, 0.29) is 0 Å². The Hall–Kier alpha value is -0.850. The Morgan fingerprint density at radius 2 is 2.22 bits per heavy atom. The molecule has 0 aliphatic rings. The molecule has 9 heavy (non-hydrogen) atoms. The number of hydrogen-bond acceptors (Lipinski definition) is 1. The van der Waals surface area contributed by atoms with E-state index >= 15 is 0 Å². The Morgan fingerprint density at radius 1 is 1.56 bits per heavy atom. The zero-order chi connectivity index (χ0) is 7.11. The van der Waals surface area contributed by atoms with Crippen molar-refractivity contribution in [1.82, 2.24) is 0 Å². The van der Waals surface area contributed by atoms with Crippen LogP contribution in [0.15, 0.2) is 23.8 Å². The summed E-state index contributed by atoms with van der Waals surface area (Å²) in [6.07, 6.45) is 8.37. The van der Waals surface area contributed by atoms with Crippen LogP contribution in [0.25, 0.3) is 0 Å². The van der Waals surface area contributed by atoms with Gasteiger partial charge in [0.15, 0.2) is 0 Å². The molecule has 0 saturated heterocycles. The summed E-state index contributed by atoms with van der Waals surface area (Å²) in [4.78, 5) is 0. The Labute approximate surface area is 56.6 Å². The summed E-state index contributed by atoms with van der Waals surface area (Å²) in [7, 11) is 0. The minimum atomic E-state index is 0.986. The van der Waals surface area contributed by atoms with Gasteiger partial charge >= 0.3 is 0 Å². The first-order valence-electron chi connectivity index (χ1n) is 3.15. The monoisotopic (exact) mass is 123 g/mol. The van der Waals surface area contributed by atoms with Crippen LogP contribution >= 0.6 is 0 Å². The first kappa shape index (κ1) is 8.15. The van der Waals surface area contributed by atoms with E-state index in [9.17, 15) is 0 Å². The zero-order valence-electron chi connectivity index (χ0n) is 6.02. The molecule has 1 N–H and O–H groups in total. The van der Waals surface area contributed by atoms with Crippen LogP contribution in [0.5, 0.6) is 0 Å². The predicted octanol–water partition coefficient (Wildman–Crippen LogP) is 2.55. The highest BCUT2D eigenvalue weighted by Crippen LogP contribution is 1.88. The molecule has 0 aromatic rings. The van der Waals surface area contributed by atoms with Gasteiger partial charge in [0.2, 0.25) is 0 Å². The molecule has 1 nitrogen and oxygen atoms in total. The van der Waals surface area contributed by atoms with Crippen molar-refractivity contribution in [2.45, 2.75) is 20.3 Å². The summed E-state index contributed by atoms with van der Waals surface area (Å²) in [6, 6.07) is 0. The molecule has 0 bridgehead atoms. The van der Waals surface area contributed by atoms with Crippen LogP contribution < -0.4 is 0 Å². The minimum Gasteiger partial charge on any atom is -0.308 e. The van der Waals surface area contributed by atoms with Gasteiger partial charge in [-0.3, -0.25) is 0 Å². The first-order valence-corrected chi connectivity index (χ1v) is 3.15. The van der Waals surface area contributed by atoms with Gasteiger partial charge in [0.05, 0.1) is 0 Å². The maximum absolute atomic E-state index is 6.82. The van der Waals surface area contributed by atoms with Crippen molar-refractivity contribution in [3.8, 4) is 0 Å². The Morgan fingerprint density at radius 3 is 2.67 bits per heavy atom. The van der Waals surface area contributed by atoms with Gasteiger partial charge in [-0.15, -0.1) is 0 Å². The Kier molecular flexibility index (Phi) is 4.79. The van der Waals surface area contributed by atoms with Gasteiger partial charge in [-0.1, -0.05) is 25.2 Å².